The highest BCUT2D eigenvalue weighted by Gasteiger charge is 2.32. The Balaban J connectivity index is 1.46. The standard InChI is InChI=1S/C19H26N2O4/c1-13(22)14-3-6-17(18(11-14)24-2)25-12-19(23)20-15-7-9-21(10-8-15)16-4-5-16/h3,6,11,15-16H,4-5,7-10,12H2,1-2H3,(H,20,23). The fourth-order valence-electron chi connectivity index (χ4n) is 3.27. The zero-order chi connectivity index (χ0) is 17.8. The third-order valence-corrected chi connectivity index (χ3v) is 4.89. The number of amides is 1. The van der Waals surface area contributed by atoms with Gasteiger partial charge in [0.1, 0.15) is 0 Å². The van der Waals surface area contributed by atoms with Crippen LogP contribution in [0.3, 0.4) is 0 Å². The van der Waals surface area contributed by atoms with Gasteiger partial charge in [-0.1, -0.05) is 0 Å². The first-order chi connectivity index (χ1) is 12.1. The van der Waals surface area contributed by atoms with E-state index in [4.69, 9.17) is 9.47 Å². The molecule has 6 nitrogen and oxygen atoms in total. The number of benzene rings is 1. The largest absolute Gasteiger partial charge is 0.493 e. The van der Waals surface area contributed by atoms with Crippen molar-refractivity contribution in [3.63, 3.8) is 0 Å². The number of piperidine rings is 1. The number of Topliss-reactive ketones (excluding diaryl/α,β-unsaturated/α-hetero) is 1. The number of rotatable bonds is 7. The van der Waals surface area contributed by atoms with E-state index in [1.54, 1.807) is 18.2 Å². The summed E-state index contributed by atoms with van der Waals surface area (Å²) >= 11 is 0. The molecule has 1 aromatic carbocycles. The Kier molecular flexibility index (Phi) is 5.58. The van der Waals surface area contributed by atoms with Crippen LogP contribution in [0.5, 0.6) is 11.5 Å². The Morgan fingerprint density at radius 3 is 2.48 bits per heavy atom. The SMILES string of the molecule is COc1cc(C(C)=O)ccc1OCC(=O)NC1CCN(C2CC2)CC1. The third kappa shape index (κ3) is 4.72. The van der Waals surface area contributed by atoms with Crippen molar-refractivity contribution in [2.24, 2.45) is 0 Å². The van der Waals surface area contributed by atoms with Crippen molar-refractivity contribution in [3.05, 3.63) is 23.8 Å². The van der Waals surface area contributed by atoms with E-state index in [1.807, 2.05) is 0 Å². The van der Waals surface area contributed by atoms with Crippen LogP contribution in [-0.2, 0) is 4.79 Å². The lowest BCUT2D eigenvalue weighted by atomic mass is 10.0. The highest BCUT2D eigenvalue weighted by atomic mass is 16.5. The van der Waals surface area contributed by atoms with Crippen molar-refractivity contribution in [2.75, 3.05) is 26.8 Å². The summed E-state index contributed by atoms with van der Waals surface area (Å²) in [5.74, 6) is 0.757. The maximum atomic E-state index is 12.1. The maximum Gasteiger partial charge on any atom is 0.258 e. The summed E-state index contributed by atoms with van der Waals surface area (Å²) in [7, 11) is 1.51. The minimum absolute atomic E-state index is 0.0415. The van der Waals surface area contributed by atoms with Gasteiger partial charge in [0.15, 0.2) is 23.9 Å². The van der Waals surface area contributed by atoms with Gasteiger partial charge in [-0.3, -0.25) is 9.59 Å². The molecule has 0 radical (unpaired) electrons. The van der Waals surface area contributed by atoms with E-state index in [1.165, 1.54) is 26.9 Å². The first kappa shape index (κ1) is 17.7. The van der Waals surface area contributed by atoms with E-state index < -0.39 is 0 Å². The van der Waals surface area contributed by atoms with Crippen molar-refractivity contribution in [1.82, 2.24) is 10.2 Å². The van der Waals surface area contributed by atoms with Gasteiger partial charge < -0.3 is 19.7 Å². The van der Waals surface area contributed by atoms with Gasteiger partial charge in [-0.05, 0) is 50.8 Å². The lowest BCUT2D eigenvalue weighted by Gasteiger charge is -2.32. The van der Waals surface area contributed by atoms with Gasteiger partial charge in [0.05, 0.1) is 7.11 Å². The molecule has 0 bridgehead atoms. The average molecular weight is 346 g/mol. The number of likely N-dealkylation sites (tertiary alicyclic amines) is 1. The molecule has 2 aliphatic rings. The molecule has 1 aromatic rings. The summed E-state index contributed by atoms with van der Waals surface area (Å²) in [6.07, 6.45) is 4.65. The average Bonchev–Trinajstić information content (AvgIpc) is 3.45. The number of hydrogen-bond acceptors (Lipinski definition) is 5. The van der Waals surface area contributed by atoms with Gasteiger partial charge in [-0.25, -0.2) is 0 Å². The predicted octanol–water partition coefficient (Wildman–Crippen LogP) is 2.02. The van der Waals surface area contributed by atoms with E-state index in [2.05, 4.69) is 10.2 Å². The van der Waals surface area contributed by atoms with Gasteiger partial charge in [0, 0.05) is 30.7 Å². The third-order valence-electron chi connectivity index (χ3n) is 4.89. The van der Waals surface area contributed by atoms with E-state index >= 15 is 0 Å². The molecule has 0 spiro atoms. The molecule has 1 amide bonds. The van der Waals surface area contributed by atoms with Crippen molar-refractivity contribution < 1.29 is 19.1 Å². The molecular formula is C19H26N2O4. The van der Waals surface area contributed by atoms with Gasteiger partial charge in [-0.15, -0.1) is 0 Å². The van der Waals surface area contributed by atoms with E-state index in [0.717, 1.165) is 32.0 Å². The smallest absolute Gasteiger partial charge is 0.258 e. The van der Waals surface area contributed by atoms with E-state index in [-0.39, 0.29) is 24.3 Å². The Morgan fingerprint density at radius 1 is 1.16 bits per heavy atom. The lowest BCUT2D eigenvalue weighted by Crippen LogP contribution is -2.46. The first-order valence-electron chi connectivity index (χ1n) is 8.92. The molecule has 0 unspecified atom stereocenters. The second kappa shape index (κ2) is 7.87. The number of ketones is 1. The van der Waals surface area contributed by atoms with Crippen LogP contribution in [0.1, 0.15) is 43.0 Å². The number of ether oxygens (including phenoxy) is 2. The molecule has 1 N–H and O–H groups in total. The molecule has 1 heterocycles. The minimum Gasteiger partial charge on any atom is -0.493 e. The molecule has 136 valence electrons. The second-order valence-electron chi connectivity index (χ2n) is 6.82. The van der Waals surface area contributed by atoms with Crippen LogP contribution in [0, 0.1) is 0 Å². The van der Waals surface area contributed by atoms with Gasteiger partial charge in [0.2, 0.25) is 0 Å². The summed E-state index contributed by atoms with van der Waals surface area (Å²) in [6, 6.07) is 5.99. The zero-order valence-electron chi connectivity index (χ0n) is 14.9. The molecule has 25 heavy (non-hydrogen) atoms. The monoisotopic (exact) mass is 346 g/mol. The molecule has 6 heteroatoms. The van der Waals surface area contributed by atoms with E-state index in [0.29, 0.717) is 17.1 Å². The number of methoxy groups -OCH3 is 1. The van der Waals surface area contributed by atoms with Crippen LogP contribution in [0.2, 0.25) is 0 Å². The number of carbonyl (C=O) groups excluding carboxylic acids is 2. The molecule has 3 rings (SSSR count). The number of nitrogens with one attached hydrogen (secondary N) is 1. The van der Waals surface area contributed by atoms with Gasteiger partial charge in [-0.2, -0.15) is 0 Å². The molecule has 1 saturated heterocycles. The topological polar surface area (TPSA) is 67.9 Å². The summed E-state index contributed by atoms with van der Waals surface area (Å²) in [5.41, 5.74) is 0.552. The lowest BCUT2D eigenvalue weighted by molar-refractivity contribution is -0.124. The maximum absolute atomic E-state index is 12.1. The summed E-state index contributed by atoms with van der Waals surface area (Å²) in [6.45, 7) is 3.57. The van der Waals surface area contributed by atoms with Gasteiger partial charge in [0.25, 0.3) is 5.91 Å². The Hall–Kier alpha value is -2.08. The Morgan fingerprint density at radius 2 is 1.88 bits per heavy atom. The van der Waals surface area contributed by atoms with Gasteiger partial charge >= 0.3 is 0 Å². The molecule has 1 saturated carbocycles. The van der Waals surface area contributed by atoms with Crippen molar-refractivity contribution >= 4 is 11.7 Å². The molecule has 0 atom stereocenters. The normalized spacial score (nSPS) is 18.6. The van der Waals surface area contributed by atoms with E-state index in [9.17, 15) is 9.59 Å². The van der Waals surface area contributed by atoms with Crippen LogP contribution >= 0.6 is 0 Å². The fraction of sp³-hybridized carbons (Fsp3) is 0.579. The molecule has 2 fully saturated rings. The molecule has 1 aliphatic heterocycles. The van der Waals surface area contributed by atoms with Crippen LogP contribution in [0.4, 0.5) is 0 Å². The number of hydrogen-bond donors (Lipinski definition) is 1. The summed E-state index contributed by atoms with van der Waals surface area (Å²) < 4.78 is 10.8. The highest BCUT2D eigenvalue weighted by Crippen LogP contribution is 2.30. The fourth-order valence-corrected chi connectivity index (χ4v) is 3.27. The highest BCUT2D eigenvalue weighted by molar-refractivity contribution is 5.94. The Bertz CT molecular complexity index is 634. The summed E-state index contributed by atoms with van der Waals surface area (Å²) in [5, 5.41) is 3.05. The zero-order valence-corrected chi connectivity index (χ0v) is 14.9. The van der Waals surface area contributed by atoms with Crippen molar-refractivity contribution in [2.45, 2.75) is 44.7 Å². The number of nitrogens with zero attached hydrogens (tertiary/aromatic N) is 1. The van der Waals surface area contributed by atoms with Crippen molar-refractivity contribution in [1.29, 1.82) is 0 Å². The second-order valence-corrected chi connectivity index (χ2v) is 6.82. The minimum atomic E-state index is -0.123. The molecular weight excluding hydrogens is 320 g/mol. The Labute approximate surface area is 148 Å². The number of carbonyl (C=O) groups is 2. The van der Waals surface area contributed by atoms with Crippen LogP contribution < -0.4 is 14.8 Å². The molecule has 1 aliphatic carbocycles. The quantitative estimate of drug-likeness (QED) is 0.765. The summed E-state index contributed by atoms with van der Waals surface area (Å²) in [4.78, 5) is 26.1. The molecule has 0 aromatic heterocycles. The van der Waals surface area contributed by atoms with Crippen molar-refractivity contribution in [3.8, 4) is 11.5 Å². The van der Waals surface area contributed by atoms with Crippen LogP contribution in [-0.4, -0.2) is 55.5 Å². The first-order valence-corrected chi connectivity index (χ1v) is 8.92. The van der Waals surface area contributed by atoms with Crippen LogP contribution in [0.15, 0.2) is 18.2 Å². The van der Waals surface area contributed by atoms with Crippen LogP contribution in [0.25, 0.3) is 0 Å². The predicted molar refractivity (Wildman–Crippen MR) is 94.3 cm³/mol.